The standard InChI is InChI=1S/C38H34N6O/c1-26(2)43-35(29-21-27(3)20-28(4)22-29)41-44-34(23-39-36(44)37(43)45)33-24-42(25-40-33)38(30-14-8-5-9-15-30,31-16-10-6-11-17-31)32-18-12-7-13-19-32/h5-26H,1-4H3. The van der Waals surface area contributed by atoms with E-state index in [-0.39, 0.29) is 17.2 Å². The molecule has 7 heteroatoms. The molecule has 3 heterocycles. The van der Waals surface area contributed by atoms with Gasteiger partial charge in [-0.3, -0.25) is 9.36 Å². The van der Waals surface area contributed by atoms with Crippen LogP contribution in [0.2, 0.25) is 0 Å². The number of rotatable bonds is 7. The maximum Gasteiger partial charge on any atom is 0.297 e. The van der Waals surface area contributed by atoms with E-state index in [0.29, 0.717) is 17.2 Å². The second-order valence-electron chi connectivity index (χ2n) is 11.8. The molecule has 4 aromatic carbocycles. The van der Waals surface area contributed by atoms with Gasteiger partial charge in [0.25, 0.3) is 5.56 Å². The molecule has 7 rings (SSSR count). The third kappa shape index (κ3) is 4.68. The topological polar surface area (TPSA) is 70.0 Å². The lowest BCUT2D eigenvalue weighted by atomic mass is 9.77. The first kappa shape index (κ1) is 28.2. The second kappa shape index (κ2) is 11.2. The van der Waals surface area contributed by atoms with Crippen LogP contribution in [-0.2, 0) is 5.54 Å². The van der Waals surface area contributed by atoms with Crippen molar-refractivity contribution in [2.45, 2.75) is 39.3 Å². The second-order valence-corrected chi connectivity index (χ2v) is 11.8. The summed E-state index contributed by atoms with van der Waals surface area (Å²) in [7, 11) is 0. The summed E-state index contributed by atoms with van der Waals surface area (Å²) >= 11 is 0. The molecule has 0 fully saturated rings. The zero-order chi connectivity index (χ0) is 31.1. The zero-order valence-corrected chi connectivity index (χ0v) is 25.8. The summed E-state index contributed by atoms with van der Waals surface area (Å²) in [4.78, 5) is 23.4. The highest BCUT2D eigenvalue weighted by Gasteiger charge is 2.38. The quantitative estimate of drug-likeness (QED) is 0.181. The predicted molar refractivity (Wildman–Crippen MR) is 178 cm³/mol. The van der Waals surface area contributed by atoms with Crippen LogP contribution in [0, 0.1) is 13.8 Å². The lowest BCUT2D eigenvalue weighted by Gasteiger charge is -2.37. The van der Waals surface area contributed by atoms with Crippen molar-refractivity contribution in [3.05, 3.63) is 166 Å². The number of benzene rings is 4. The summed E-state index contributed by atoms with van der Waals surface area (Å²) in [5, 5.41) is 5.06. The summed E-state index contributed by atoms with van der Waals surface area (Å²) in [6, 6.07) is 37.6. The number of hydrogen-bond acceptors (Lipinski definition) is 4. The van der Waals surface area contributed by atoms with Gasteiger partial charge in [-0.25, -0.2) is 14.5 Å². The van der Waals surface area contributed by atoms with Gasteiger partial charge in [-0.05, 0) is 56.5 Å². The fraction of sp³-hybridized carbons (Fsp3) is 0.158. The van der Waals surface area contributed by atoms with E-state index in [2.05, 4.69) is 114 Å². The van der Waals surface area contributed by atoms with Crippen LogP contribution in [0.15, 0.2) is 133 Å². The Bertz CT molecular complexity index is 2060. The van der Waals surface area contributed by atoms with Gasteiger partial charge in [-0.15, -0.1) is 5.10 Å². The van der Waals surface area contributed by atoms with Crippen LogP contribution >= 0.6 is 0 Å². The molecule has 0 saturated carbocycles. The Kier molecular flexibility index (Phi) is 7.01. The SMILES string of the molecule is Cc1cc(C)cc(-c2nn3c(-c4cn(C(c5ccccc5)(c5ccccc5)c5ccccc5)cn4)cnc3c(=O)n2C(C)C)c1. The van der Waals surface area contributed by atoms with Gasteiger partial charge in [-0.2, -0.15) is 0 Å². The van der Waals surface area contributed by atoms with Crippen LogP contribution in [0.4, 0.5) is 0 Å². The molecule has 0 radical (unpaired) electrons. The van der Waals surface area contributed by atoms with Crippen molar-refractivity contribution in [2.24, 2.45) is 0 Å². The summed E-state index contributed by atoms with van der Waals surface area (Å²) in [5.74, 6) is 0.597. The number of aromatic nitrogens is 6. The average Bonchev–Trinajstić information content (AvgIpc) is 3.70. The third-order valence-electron chi connectivity index (χ3n) is 8.37. The van der Waals surface area contributed by atoms with Gasteiger partial charge >= 0.3 is 0 Å². The molecule has 0 N–H and O–H groups in total. The van der Waals surface area contributed by atoms with E-state index >= 15 is 0 Å². The van der Waals surface area contributed by atoms with E-state index in [1.165, 1.54) is 0 Å². The number of nitrogens with zero attached hydrogens (tertiary/aromatic N) is 6. The molecular formula is C38H34N6O. The van der Waals surface area contributed by atoms with Crippen molar-refractivity contribution in [3.8, 4) is 22.8 Å². The summed E-state index contributed by atoms with van der Waals surface area (Å²) < 4.78 is 5.53. The van der Waals surface area contributed by atoms with Gasteiger partial charge in [0.05, 0.1) is 12.5 Å². The van der Waals surface area contributed by atoms with Crippen molar-refractivity contribution in [1.82, 2.24) is 28.7 Å². The largest absolute Gasteiger partial charge is 0.318 e. The lowest BCUT2D eigenvalue weighted by molar-refractivity contribution is 0.515. The van der Waals surface area contributed by atoms with Crippen molar-refractivity contribution in [3.63, 3.8) is 0 Å². The Morgan fingerprint density at radius 3 is 1.76 bits per heavy atom. The van der Waals surface area contributed by atoms with E-state index < -0.39 is 5.54 Å². The average molecular weight is 591 g/mol. The molecule has 0 aliphatic heterocycles. The maximum atomic E-state index is 13.9. The number of fused-ring (bicyclic) bond motifs is 1. The van der Waals surface area contributed by atoms with E-state index in [4.69, 9.17) is 10.1 Å². The van der Waals surface area contributed by atoms with Crippen LogP contribution in [-0.4, -0.2) is 28.7 Å². The smallest absolute Gasteiger partial charge is 0.297 e. The molecule has 45 heavy (non-hydrogen) atoms. The minimum Gasteiger partial charge on any atom is -0.318 e. The van der Waals surface area contributed by atoms with Crippen LogP contribution < -0.4 is 5.56 Å². The first-order chi connectivity index (χ1) is 21.9. The van der Waals surface area contributed by atoms with Crippen molar-refractivity contribution < 1.29 is 0 Å². The molecule has 0 saturated heterocycles. The highest BCUT2D eigenvalue weighted by Crippen LogP contribution is 2.41. The van der Waals surface area contributed by atoms with Gasteiger partial charge in [-0.1, -0.05) is 108 Å². The van der Waals surface area contributed by atoms with E-state index in [1.807, 2.05) is 44.6 Å². The molecule has 7 aromatic rings. The number of hydrogen-bond donors (Lipinski definition) is 0. The van der Waals surface area contributed by atoms with Crippen LogP contribution in [0.3, 0.4) is 0 Å². The molecule has 7 nitrogen and oxygen atoms in total. The molecule has 0 aliphatic carbocycles. The molecular weight excluding hydrogens is 556 g/mol. The van der Waals surface area contributed by atoms with Crippen LogP contribution in [0.1, 0.15) is 47.7 Å². The monoisotopic (exact) mass is 590 g/mol. The van der Waals surface area contributed by atoms with Crippen molar-refractivity contribution in [1.29, 1.82) is 0 Å². The first-order valence-electron chi connectivity index (χ1n) is 15.2. The van der Waals surface area contributed by atoms with Crippen LogP contribution in [0.25, 0.3) is 28.4 Å². The fourth-order valence-electron chi connectivity index (χ4n) is 6.52. The van der Waals surface area contributed by atoms with E-state index in [0.717, 1.165) is 33.4 Å². The van der Waals surface area contributed by atoms with Gasteiger partial charge in [0, 0.05) is 17.8 Å². The molecule has 0 atom stereocenters. The summed E-state index contributed by atoms with van der Waals surface area (Å²) in [6.45, 7) is 8.10. The molecule has 0 spiro atoms. The third-order valence-corrected chi connectivity index (χ3v) is 8.37. The Balaban J connectivity index is 1.48. The molecule has 0 aliphatic rings. The zero-order valence-electron chi connectivity index (χ0n) is 25.8. The Morgan fingerprint density at radius 1 is 0.711 bits per heavy atom. The van der Waals surface area contributed by atoms with Gasteiger partial charge < -0.3 is 4.57 Å². The fourth-order valence-corrected chi connectivity index (χ4v) is 6.52. The molecule has 3 aromatic heterocycles. The lowest BCUT2D eigenvalue weighted by Crippen LogP contribution is -2.36. The van der Waals surface area contributed by atoms with E-state index in [9.17, 15) is 4.79 Å². The Hall–Kier alpha value is -5.56. The van der Waals surface area contributed by atoms with Crippen LogP contribution in [0.5, 0.6) is 0 Å². The number of aryl methyl sites for hydroxylation is 2. The number of imidazole rings is 2. The van der Waals surface area contributed by atoms with Crippen molar-refractivity contribution in [2.75, 3.05) is 0 Å². The minimum atomic E-state index is -0.711. The maximum absolute atomic E-state index is 13.9. The summed E-state index contributed by atoms with van der Waals surface area (Å²) in [5.41, 5.74) is 7.07. The van der Waals surface area contributed by atoms with Gasteiger partial charge in [0.2, 0.25) is 5.65 Å². The minimum absolute atomic E-state index is 0.103. The molecule has 222 valence electrons. The normalized spacial score (nSPS) is 11.8. The first-order valence-corrected chi connectivity index (χ1v) is 15.2. The highest BCUT2D eigenvalue weighted by molar-refractivity contribution is 5.63. The molecule has 0 amide bonds. The van der Waals surface area contributed by atoms with Gasteiger partial charge in [0.1, 0.15) is 16.9 Å². The highest BCUT2D eigenvalue weighted by atomic mass is 16.1. The van der Waals surface area contributed by atoms with E-state index in [1.54, 1.807) is 15.3 Å². The molecule has 0 bridgehead atoms. The summed E-state index contributed by atoms with van der Waals surface area (Å²) in [6.07, 6.45) is 5.59. The predicted octanol–water partition coefficient (Wildman–Crippen LogP) is 7.46. The van der Waals surface area contributed by atoms with Crippen molar-refractivity contribution >= 4 is 5.65 Å². The Labute approximate surface area is 262 Å². The van der Waals surface area contributed by atoms with Gasteiger partial charge in [0.15, 0.2) is 5.82 Å². The Morgan fingerprint density at radius 2 is 1.24 bits per heavy atom. The molecule has 0 unspecified atom stereocenters.